The van der Waals surface area contributed by atoms with Gasteiger partial charge in [0, 0.05) is 25.7 Å². The fourth-order valence-corrected chi connectivity index (χ4v) is 12.7. The smallest absolute Gasteiger partial charge is 0.462 e. The van der Waals surface area contributed by atoms with E-state index in [1.165, 1.54) is 161 Å². The molecule has 0 aliphatic carbocycles. The van der Waals surface area contributed by atoms with Crippen LogP contribution in [-0.2, 0) is 65.4 Å². The molecule has 17 nitrogen and oxygen atoms in total. The van der Waals surface area contributed by atoms with Crippen LogP contribution in [0.1, 0.15) is 374 Å². The van der Waals surface area contributed by atoms with Gasteiger partial charge in [0.1, 0.15) is 19.3 Å². The van der Waals surface area contributed by atoms with Gasteiger partial charge in [0.25, 0.3) is 0 Å². The Hall–Kier alpha value is -2.72. The van der Waals surface area contributed by atoms with Crippen LogP contribution in [0.15, 0.2) is 36.5 Å². The lowest BCUT2D eigenvalue weighted by Gasteiger charge is -2.21. The first kappa shape index (κ1) is 93.3. The fraction of sp³-hybridized carbons (Fsp3) is 0.870. The van der Waals surface area contributed by atoms with Crippen LogP contribution < -0.4 is 0 Å². The van der Waals surface area contributed by atoms with E-state index in [0.29, 0.717) is 25.7 Å². The van der Waals surface area contributed by atoms with E-state index < -0.39 is 97.5 Å². The topological polar surface area (TPSA) is 237 Å². The molecule has 0 aliphatic heterocycles. The summed E-state index contributed by atoms with van der Waals surface area (Å²) in [6.45, 7) is 4.90. The van der Waals surface area contributed by atoms with E-state index in [0.717, 1.165) is 135 Å². The highest BCUT2D eigenvalue weighted by Crippen LogP contribution is 2.45. The largest absolute Gasteiger partial charge is 0.472 e. The van der Waals surface area contributed by atoms with Gasteiger partial charge in [-0.1, -0.05) is 302 Å². The monoisotopic (exact) mass is 1400 g/mol. The second kappa shape index (κ2) is 70.7. The summed E-state index contributed by atoms with van der Waals surface area (Å²) < 4.78 is 68.5. The molecule has 0 aromatic carbocycles. The Bertz CT molecular complexity index is 1970. The van der Waals surface area contributed by atoms with Crippen LogP contribution in [-0.4, -0.2) is 96.7 Å². The van der Waals surface area contributed by atoms with Crippen LogP contribution in [0.4, 0.5) is 0 Å². The first-order chi connectivity index (χ1) is 46.7. The number of aliphatic hydroxyl groups is 1. The van der Waals surface area contributed by atoms with Gasteiger partial charge in [0.05, 0.1) is 26.4 Å². The predicted octanol–water partition coefficient (Wildman–Crippen LogP) is 22.3. The molecule has 0 spiro atoms. The third-order valence-corrected chi connectivity index (χ3v) is 19.0. The average molecular weight is 1400 g/mol. The Morgan fingerprint density at radius 1 is 0.292 bits per heavy atom. The molecule has 3 N–H and O–H groups in total. The van der Waals surface area contributed by atoms with E-state index in [1.807, 2.05) is 0 Å². The Kier molecular flexibility index (Phi) is 68.7. The first-order valence-corrected chi connectivity index (χ1v) is 42.2. The zero-order chi connectivity index (χ0) is 70.4. The van der Waals surface area contributed by atoms with Gasteiger partial charge < -0.3 is 33.8 Å². The lowest BCUT2D eigenvalue weighted by atomic mass is 10.0. The van der Waals surface area contributed by atoms with Gasteiger partial charge in [-0.25, -0.2) is 9.13 Å². The number of rotatable bonds is 75. The zero-order valence-corrected chi connectivity index (χ0v) is 63.4. The zero-order valence-electron chi connectivity index (χ0n) is 61.6. The third-order valence-electron chi connectivity index (χ3n) is 17.1. The van der Waals surface area contributed by atoms with E-state index in [1.54, 1.807) is 0 Å². The van der Waals surface area contributed by atoms with Crippen molar-refractivity contribution in [3.05, 3.63) is 36.5 Å². The maximum atomic E-state index is 13.1. The van der Waals surface area contributed by atoms with E-state index >= 15 is 0 Å². The second-order valence-corrected chi connectivity index (χ2v) is 29.6. The Labute approximate surface area is 585 Å². The lowest BCUT2D eigenvalue weighted by Crippen LogP contribution is -2.30. The number of carbonyl (C=O) groups is 4. The first-order valence-electron chi connectivity index (χ1n) is 39.2. The summed E-state index contributed by atoms with van der Waals surface area (Å²) in [5.74, 6) is -2.15. The van der Waals surface area contributed by atoms with Gasteiger partial charge in [-0.3, -0.25) is 37.3 Å². The minimum Gasteiger partial charge on any atom is -0.462 e. The molecular weight excluding hydrogens is 1260 g/mol. The normalized spacial score (nSPS) is 14.1. The van der Waals surface area contributed by atoms with Crippen LogP contribution in [0.5, 0.6) is 0 Å². The number of hydrogen-bond donors (Lipinski definition) is 3. The molecule has 19 heteroatoms. The number of phosphoric acid groups is 2. The Morgan fingerprint density at radius 2 is 0.510 bits per heavy atom. The Balaban J connectivity index is 5.30. The van der Waals surface area contributed by atoms with E-state index in [-0.39, 0.29) is 25.7 Å². The summed E-state index contributed by atoms with van der Waals surface area (Å²) in [4.78, 5) is 72.8. The van der Waals surface area contributed by atoms with Crippen molar-refractivity contribution >= 4 is 39.5 Å². The molecule has 0 bridgehead atoms. The third kappa shape index (κ3) is 69.7. The van der Waals surface area contributed by atoms with Gasteiger partial charge in [-0.05, 0) is 83.5 Å². The van der Waals surface area contributed by atoms with Crippen molar-refractivity contribution in [1.82, 2.24) is 0 Å². The summed E-state index contributed by atoms with van der Waals surface area (Å²) >= 11 is 0. The average Bonchev–Trinajstić information content (AvgIpc) is 1.14. The van der Waals surface area contributed by atoms with Crippen molar-refractivity contribution in [3.8, 4) is 0 Å². The highest BCUT2D eigenvalue weighted by molar-refractivity contribution is 7.47. The molecule has 2 unspecified atom stereocenters. The number of phosphoric ester groups is 2. The van der Waals surface area contributed by atoms with Gasteiger partial charge >= 0.3 is 39.5 Å². The molecule has 96 heavy (non-hydrogen) atoms. The molecule has 0 heterocycles. The van der Waals surface area contributed by atoms with E-state index in [2.05, 4.69) is 64.2 Å². The van der Waals surface area contributed by atoms with Crippen molar-refractivity contribution in [3.63, 3.8) is 0 Å². The predicted molar refractivity (Wildman–Crippen MR) is 391 cm³/mol. The van der Waals surface area contributed by atoms with Crippen molar-refractivity contribution in [2.75, 3.05) is 39.6 Å². The van der Waals surface area contributed by atoms with Crippen LogP contribution in [0.2, 0.25) is 0 Å². The molecule has 564 valence electrons. The molecular formula is C77H144O17P2. The van der Waals surface area contributed by atoms with Gasteiger partial charge in [0.2, 0.25) is 0 Å². The van der Waals surface area contributed by atoms with Crippen molar-refractivity contribution < 1.29 is 80.2 Å². The second-order valence-electron chi connectivity index (χ2n) is 26.7. The summed E-state index contributed by atoms with van der Waals surface area (Å²) in [5, 5.41) is 10.6. The molecule has 0 saturated carbocycles. The molecule has 5 atom stereocenters. The molecule has 0 amide bonds. The molecule has 0 fully saturated rings. The number of aliphatic hydroxyl groups excluding tert-OH is 1. The SMILES string of the molecule is CCCCC/C=C\C/C=C\CCCCCCCC(=O)OC[C@H](COP(=O)(O)OC[C@@H](O)COP(=O)(O)OC[C@@H](COC(=O)CCCCCCC/C=C\CCCCCCCC)OC(=O)CCCCCCCCCCCCCCC)OC(=O)CCCCCCCCCCCCCCC. The van der Waals surface area contributed by atoms with E-state index in [9.17, 15) is 43.2 Å². The van der Waals surface area contributed by atoms with Crippen molar-refractivity contribution in [1.29, 1.82) is 0 Å². The molecule has 0 radical (unpaired) electrons. The molecule has 0 aromatic rings. The minimum absolute atomic E-state index is 0.100. The number of carbonyl (C=O) groups excluding carboxylic acids is 4. The summed E-state index contributed by atoms with van der Waals surface area (Å²) in [7, 11) is -9.93. The van der Waals surface area contributed by atoms with Gasteiger partial charge in [-0.15, -0.1) is 0 Å². The standard InChI is InChI=1S/C77H144O17P2/c1-5-9-13-17-21-25-29-33-35-39-41-45-49-53-57-61-74(79)87-67-72(93-76(81)63-59-55-51-47-43-37-31-27-23-19-15-11-7-3)69-91-95(83,84)89-65-71(78)66-90-96(85,86)92-70-73(94-77(82)64-60-56-52-48-44-38-32-28-24-20-16-12-8-4)68-88-75(80)62-58-54-50-46-42-40-36-34-30-26-22-18-14-10-6-2/h21,25,33-36,71-73,78H,5-20,22-24,26-32,37-70H2,1-4H3,(H,83,84)(H,85,86)/b25-21-,35-33-,36-34-/t71-,72-,73-/m1/s1. The molecule has 0 rings (SSSR count). The number of allylic oxidation sites excluding steroid dienone is 6. The summed E-state index contributed by atoms with van der Waals surface area (Å²) in [5.41, 5.74) is 0. The van der Waals surface area contributed by atoms with Crippen LogP contribution >= 0.6 is 15.6 Å². The molecule has 0 saturated heterocycles. The van der Waals surface area contributed by atoms with Gasteiger partial charge in [0.15, 0.2) is 12.2 Å². The lowest BCUT2D eigenvalue weighted by molar-refractivity contribution is -0.161. The summed E-state index contributed by atoms with van der Waals surface area (Å²) in [6.07, 6.45) is 65.5. The maximum absolute atomic E-state index is 13.1. The number of hydrogen-bond acceptors (Lipinski definition) is 15. The van der Waals surface area contributed by atoms with Crippen LogP contribution in [0.25, 0.3) is 0 Å². The van der Waals surface area contributed by atoms with E-state index in [4.69, 9.17) is 37.0 Å². The molecule has 0 aromatic heterocycles. The van der Waals surface area contributed by atoms with Gasteiger partial charge in [-0.2, -0.15) is 0 Å². The Morgan fingerprint density at radius 3 is 0.802 bits per heavy atom. The summed E-state index contributed by atoms with van der Waals surface area (Å²) in [6, 6.07) is 0. The molecule has 0 aliphatic rings. The number of ether oxygens (including phenoxy) is 4. The van der Waals surface area contributed by atoms with Crippen molar-refractivity contribution in [2.45, 2.75) is 393 Å². The number of esters is 4. The quantitative estimate of drug-likeness (QED) is 0.0169. The maximum Gasteiger partial charge on any atom is 0.472 e. The minimum atomic E-state index is -4.96. The fourth-order valence-electron chi connectivity index (χ4n) is 11.1. The van der Waals surface area contributed by atoms with Crippen LogP contribution in [0, 0.1) is 0 Å². The highest BCUT2D eigenvalue weighted by atomic mass is 31.2. The highest BCUT2D eigenvalue weighted by Gasteiger charge is 2.30. The van der Waals surface area contributed by atoms with Crippen molar-refractivity contribution in [2.24, 2.45) is 0 Å². The number of unbranched alkanes of at least 4 members (excludes halogenated alkanes) is 43. The van der Waals surface area contributed by atoms with Crippen LogP contribution in [0.3, 0.4) is 0 Å².